The Labute approximate surface area is 111 Å². The van der Waals surface area contributed by atoms with Gasteiger partial charge >= 0.3 is 0 Å². The van der Waals surface area contributed by atoms with Gasteiger partial charge in [0.1, 0.15) is 0 Å². The average molecular weight is 258 g/mol. The lowest BCUT2D eigenvalue weighted by molar-refractivity contribution is 0.0398. The van der Waals surface area contributed by atoms with E-state index >= 15 is 0 Å². The second-order valence-corrected chi connectivity index (χ2v) is 5.64. The number of nitrogens with two attached hydrogens (primary N) is 1. The topological polar surface area (TPSA) is 46.2 Å². The molecule has 0 heterocycles. The van der Waals surface area contributed by atoms with E-state index in [-0.39, 0.29) is 23.9 Å². The van der Waals surface area contributed by atoms with Crippen molar-refractivity contribution in [3.05, 3.63) is 34.9 Å². The maximum atomic E-state index is 10.2. The predicted molar refractivity (Wildman–Crippen MR) is 75.6 cm³/mol. The molecule has 1 rings (SSSR count). The Hall–Kier alpha value is -0.570. The maximum absolute atomic E-state index is 10.2. The van der Waals surface area contributed by atoms with Crippen LogP contribution in [0.3, 0.4) is 0 Å². The lowest BCUT2D eigenvalue weighted by Crippen LogP contribution is -2.37. The van der Waals surface area contributed by atoms with Gasteiger partial charge in [0.05, 0.1) is 12.1 Å². The molecule has 0 saturated carbocycles. The summed E-state index contributed by atoms with van der Waals surface area (Å²) in [6.07, 6.45) is -0.535. The number of halogens is 1. The number of aryl methyl sites for hydroxylation is 2. The summed E-state index contributed by atoms with van der Waals surface area (Å²) in [6, 6.07) is 5.78. The molecule has 3 N–H and O–H groups in total. The molecule has 0 aromatic heterocycles. The Kier molecular flexibility index (Phi) is 5.66. The van der Waals surface area contributed by atoms with Crippen molar-refractivity contribution >= 4 is 12.4 Å². The number of hydrogen-bond donors (Lipinski definition) is 2. The summed E-state index contributed by atoms with van der Waals surface area (Å²) >= 11 is 0. The monoisotopic (exact) mass is 257 g/mol. The highest BCUT2D eigenvalue weighted by Crippen LogP contribution is 2.31. The first kappa shape index (κ1) is 16.4. The maximum Gasteiger partial charge on any atom is 0.0781 e. The zero-order chi connectivity index (χ0) is 12.5. The van der Waals surface area contributed by atoms with Crippen LogP contribution in [0, 0.1) is 19.3 Å². The van der Waals surface area contributed by atoms with Gasteiger partial charge in [0.25, 0.3) is 0 Å². The van der Waals surface area contributed by atoms with Gasteiger partial charge in [-0.05, 0) is 36.0 Å². The Balaban J connectivity index is 0.00000256. The first-order valence-corrected chi connectivity index (χ1v) is 5.75. The predicted octanol–water partition coefficient (Wildman–Crippen LogP) is 3.13. The quantitative estimate of drug-likeness (QED) is 0.855. The summed E-state index contributed by atoms with van der Waals surface area (Å²) in [5, 5.41) is 10.2. The van der Waals surface area contributed by atoms with Crippen molar-refractivity contribution in [3.8, 4) is 0 Å². The first-order chi connectivity index (χ1) is 7.25. The van der Waals surface area contributed by atoms with E-state index in [1.807, 2.05) is 52.8 Å². The number of hydrogen-bond acceptors (Lipinski definition) is 2. The molecular weight excluding hydrogens is 234 g/mol. The van der Waals surface area contributed by atoms with Crippen LogP contribution >= 0.6 is 12.4 Å². The van der Waals surface area contributed by atoms with Crippen LogP contribution in [0.1, 0.15) is 43.5 Å². The molecule has 2 atom stereocenters. The standard InChI is InChI=1S/C14H23NO.ClH/c1-9-7-6-8-10(2)11(9)12(15)13(16)14(3,4)5;/h6-8,12-13,16H,15H2,1-5H3;1H/t12-,13-;/m0./s1. The van der Waals surface area contributed by atoms with Crippen molar-refractivity contribution in [2.24, 2.45) is 11.1 Å². The Bertz CT molecular complexity index is 351. The van der Waals surface area contributed by atoms with Crippen LogP contribution in [0.4, 0.5) is 0 Å². The first-order valence-electron chi connectivity index (χ1n) is 5.75. The van der Waals surface area contributed by atoms with E-state index in [0.29, 0.717) is 0 Å². The van der Waals surface area contributed by atoms with E-state index in [2.05, 4.69) is 0 Å². The Morgan fingerprint density at radius 2 is 1.53 bits per heavy atom. The van der Waals surface area contributed by atoms with Crippen molar-refractivity contribution < 1.29 is 5.11 Å². The van der Waals surface area contributed by atoms with E-state index in [1.54, 1.807) is 0 Å². The van der Waals surface area contributed by atoms with Gasteiger partial charge in [-0.15, -0.1) is 12.4 Å². The second kappa shape index (κ2) is 5.85. The fourth-order valence-corrected chi connectivity index (χ4v) is 2.05. The number of aliphatic hydroxyl groups is 1. The highest BCUT2D eigenvalue weighted by Gasteiger charge is 2.30. The van der Waals surface area contributed by atoms with E-state index < -0.39 is 6.10 Å². The molecule has 98 valence electrons. The number of benzene rings is 1. The zero-order valence-corrected chi connectivity index (χ0v) is 12.1. The number of rotatable bonds is 2. The molecule has 0 saturated heterocycles. The molecule has 17 heavy (non-hydrogen) atoms. The van der Waals surface area contributed by atoms with Crippen LogP contribution in [-0.2, 0) is 0 Å². The third-order valence-electron chi connectivity index (χ3n) is 3.10. The highest BCUT2D eigenvalue weighted by atomic mass is 35.5. The molecule has 0 spiro atoms. The largest absolute Gasteiger partial charge is 0.391 e. The molecule has 1 aromatic carbocycles. The highest BCUT2D eigenvalue weighted by molar-refractivity contribution is 5.85. The molecule has 0 unspecified atom stereocenters. The SMILES string of the molecule is Cc1cccc(C)c1[C@H](N)[C@H](O)C(C)(C)C.Cl. The molecule has 3 heteroatoms. The lowest BCUT2D eigenvalue weighted by Gasteiger charge is -2.32. The van der Waals surface area contributed by atoms with Crippen LogP contribution in [0.5, 0.6) is 0 Å². The summed E-state index contributed by atoms with van der Waals surface area (Å²) in [6.45, 7) is 10.1. The Morgan fingerprint density at radius 1 is 1.12 bits per heavy atom. The molecule has 0 amide bonds. The molecular formula is C14H24ClNO. The third-order valence-corrected chi connectivity index (χ3v) is 3.10. The third kappa shape index (κ3) is 3.70. The van der Waals surface area contributed by atoms with Gasteiger partial charge < -0.3 is 10.8 Å². The molecule has 1 aromatic rings. The minimum atomic E-state index is -0.535. The van der Waals surface area contributed by atoms with E-state index in [1.165, 1.54) is 0 Å². The van der Waals surface area contributed by atoms with Crippen molar-refractivity contribution in [2.75, 3.05) is 0 Å². The molecule has 0 fully saturated rings. The van der Waals surface area contributed by atoms with E-state index in [9.17, 15) is 5.11 Å². The molecule has 0 aliphatic carbocycles. The summed E-state index contributed by atoms with van der Waals surface area (Å²) in [5.41, 5.74) is 9.35. The van der Waals surface area contributed by atoms with Gasteiger partial charge in [-0.3, -0.25) is 0 Å². The lowest BCUT2D eigenvalue weighted by atomic mass is 9.80. The summed E-state index contributed by atoms with van der Waals surface area (Å²) in [4.78, 5) is 0. The molecule has 0 aliphatic rings. The van der Waals surface area contributed by atoms with Crippen LogP contribution in [0.15, 0.2) is 18.2 Å². The van der Waals surface area contributed by atoms with E-state index in [0.717, 1.165) is 16.7 Å². The summed E-state index contributed by atoms with van der Waals surface area (Å²) in [7, 11) is 0. The molecule has 0 radical (unpaired) electrons. The minimum Gasteiger partial charge on any atom is -0.391 e. The molecule has 2 nitrogen and oxygen atoms in total. The van der Waals surface area contributed by atoms with Crippen LogP contribution in [-0.4, -0.2) is 11.2 Å². The van der Waals surface area contributed by atoms with Gasteiger partial charge in [0, 0.05) is 0 Å². The van der Waals surface area contributed by atoms with Gasteiger partial charge in [-0.1, -0.05) is 39.0 Å². The van der Waals surface area contributed by atoms with Crippen molar-refractivity contribution in [1.29, 1.82) is 0 Å². The van der Waals surface area contributed by atoms with Crippen molar-refractivity contribution in [3.63, 3.8) is 0 Å². The van der Waals surface area contributed by atoms with Crippen molar-refractivity contribution in [1.82, 2.24) is 0 Å². The Morgan fingerprint density at radius 3 is 1.88 bits per heavy atom. The summed E-state index contributed by atoms with van der Waals surface area (Å²) in [5.74, 6) is 0. The summed E-state index contributed by atoms with van der Waals surface area (Å²) < 4.78 is 0. The average Bonchev–Trinajstić information content (AvgIpc) is 2.14. The zero-order valence-electron chi connectivity index (χ0n) is 11.3. The van der Waals surface area contributed by atoms with Crippen molar-refractivity contribution in [2.45, 2.75) is 46.8 Å². The van der Waals surface area contributed by atoms with Crippen LogP contribution in [0.2, 0.25) is 0 Å². The molecule has 0 aliphatic heterocycles. The van der Waals surface area contributed by atoms with Gasteiger partial charge in [-0.2, -0.15) is 0 Å². The van der Waals surface area contributed by atoms with E-state index in [4.69, 9.17) is 5.73 Å². The van der Waals surface area contributed by atoms with Gasteiger partial charge in [0.2, 0.25) is 0 Å². The minimum absolute atomic E-state index is 0. The smallest absolute Gasteiger partial charge is 0.0781 e. The van der Waals surface area contributed by atoms with Gasteiger partial charge in [-0.25, -0.2) is 0 Å². The number of aliphatic hydroxyl groups excluding tert-OH is 1. The van der Waals surface area contributed by atoms with Crippen LogP contribution in [0.25, 0.3) is 0 Å². The normalized spacial score (nSPS) is 15.0. The fourth-order valence-electron chi connectivity index (χ4n) is 2.05. The second-order valence-electron chi connectivity index (χ2n) is 5.64. The molecule has 0 bridgehead atoms. The fraction of sp³-hybridized carbons (Fsp3) is 0.571. The van der Waals surface area contributed by atoms with Gasteiger partial charge in [0.15, 0.2) is 0 Å². The van der Waals surface area contributed by atoms with Crippen LogP contribution < -0.4 is 5.73 Å².